The van der Waals surface area contributed by atoms with Crippen molar-refractivity contribution in [3.05, 3.63) is 0 Å². The van der Waals surface area contributed by atoms with Gasteiger partial charge in [-0.25, -0.2) is 4.79 Å². The number of carbonyl (C=O) groups is 2. The quantitative estimate of drug-likeness (QED) is 0.287. The summed E-state index contributed by atoms with van der Waals surface area (Å²) in [6.07, 6.45) is -1.99. The molecule has 7 N–H and O–H groups in total. The van der Waals surface area contributed by atoms with Gasteiger partial charge >= 0.3 is 11.9 Å². The Morgan fingerprint density at radius 2 is 1.50 bits per heavy atom. The summed E-state index contributed by atoms with van der Waals surface area (Å²) in [4.78, 5) is 21.7. The van der Waals surface area contributed by atoms with E-state index in [4.69, 9.17) is 15.9 Å². The van der Waals surface area contributed by atoms with Crippen LogP contribution < -0.4 is 16.4 Å². The number of nitrogens with two attached hydrogens (primary N) is 1. The average Bonchev–Trinajstić information content (AvgIpc) is 2.37. The molecule has 0 aliphatic heterocycles. The first-order chi connectivity index (χ1) is 9.92. The number of aliphatic hydroxyl groups is 1. The molecule has 8 nitrogen and oxygen atoms in total. The van der Waals surface area contributed by atoms with Crippen LogP contribution in [0, 0.1) is 10.8 Å². The van der Waals surface area contributed by atoms with Gasteiger partial charge in [0.1, 0.15) is 6.04 Å². The lowest BCUT2D eigenvalue weighted by molar-refractivity contribution is -0.156. The van der Waals surface area contributed by atoms with Gasteiger partial charge in [-0.3, -0.25) is 4.79 Å². The third kappa shape index (κ3) is 7.69. The van der Waals surface area contributed by atoms with E-state index in [1.807, 2.05) is 27.7 Å². The van der Waals surface area contributed by atoms with Crippen molar-refractivity contribution in [2.75, 3.05) is 26.2 Å². The molecule has 130 valence electrons. The van der Waals surface area contributed by atoms with E-state index in [1.165, 1.54) is 0 Å². The molecule has 0 fully saturated rings. The highest BCUT2D eigenvalue weighted by molar-refractivity contribution is 5.84. The van der Waals surface area contributed by atoms with Crippen LogP contribution in [0.2, 0.25) is 0 Å². The van der Waals surface area contributed by atoms with Crippen molar-refractivity contribution in [3.8, 4) is 0 Å². The van der Waals surface area contributed by atoms with E-state index >= 15 is 0 Å². The Bertz CT molecular complexity index is 385. The Morgan fingerprint density at radius 1 is 1.00 bits per heavy atom. The molecule has 8 heteroatoms. The van der Waals surface area contributed by atoms with Gasteiger partial charge in [-0.2, -0.15) is 0 Å². The van der Waals surface area contributed by atoms with Crippen molar-refractivity contribution < 1.29 is 24.9 Å². The van der Waals surface area contributed by atoms with Crippen LogP contribution in [0.25, 0.3) is 0 Å². The first-order valence-corrected chi connectivity index (χ1v) is 7.20. The van der Waals surface area contributed by atoms with Crippen molar-refractivity contribution in [1.82, 2.24) is 10.6 Å². The van der Waals surface area contributed by atoms with E-state index in [-0.39, 0.29) is 17.4 Å². The summed E-state index contributed by atoms with van der Waals surface area (Å²) < 4.78 is 0. The molecule has 0 amide bonds. The third-order valence-corrected chi connectivity index (χ3v) is 3.40. The summed E-state index contributed by atoms with van der Waals surface area (Å²) in [5, 5.41) is 33.0. The molecule has 0 saturated heterocycles. The number of rotatable bonds is 11. The molecule has 0 heterocycles. The first kappa shape index (κ1) is 20.8. The zero-order valence-electron chi connectivity index (χ0n) is 13.7. The van der Waals surface area contributed by atoms with Gasteiger partial charge in [0, 0.05) is 19.6 Å². The number of aliphatic carboxylic acids is 2. The second-order valence-electron chi connectivity index (χ2n) is 7.12. The van der Waals surface area contributed by atoms with Crippen LogP contribution in [0.15, 0.2) is 0 Å². The van der Waals surface area contributed by atoms with Crippen LogP contribution in [-0.4, -0.2) is 65.6 Å². The predicted octanol–water partition coefficient (Wildman–Crippen LogP) is -0.925. The number of carboxylic acids is 2. The zero-order valence-corrected chi connectivity index (χ0v) is 13.7. The molecule has 2 unspecified atom stereocenters. The Kier molecular flexibility index (Phi) is 7.96. The highest BCUT2D eigenvalue weighted by atomic mass is 16.4. The van der Waals surface area contributed by atoms with Gasteiger partial charge < -0.3 is 31.7 Å². The number of hydrogen-bond donors (Lipinski definition) is 6. The fraction of sp³-hybridized carbons (Fsp3) is 0.857. The zero-order chi connectivity index (χ0) is 17.6. The molecular formula is C14H29N3O5. The first-order valence-electron chi connectivity index (χ1n) is 7.20. The minimum Gasteiger partial charge on any atom is -0.480 e. The summed E-state index contributed by atoms with van der Waals surface area (Å²) in [6.45, 7) is 9.99. The molecule has 0 spiro atoms. The van der Waals surface area contributed by atoms with Crippen LogP contribution in [-0.2, 0) is 9.59 Å². The normalized spacial score (nSPS) is 15.4. The fourth-order valence-electron chi connectivity index (χ4n) is 1.74. The Morgan fingerprint density at radius 3 is 1.91 bits per heavy atom. The number of aliphatic hydroxyl groups excluding tert-OH is 1. The molecule has 0 aromatic carbocycles. The molecule has 0 radical (unpaired) electrons. The Hall–Kier alpha value is -1.22. The molecule has 22 heavy (non-hydrogen) atoms. The van der Waals surface area contributed by atoms with Crippen LogP contribution in [0.4, 0.5) is 0 Å². The second kappa shape index (κ2) is 8.42. The van der Waals surface area contributed by atoms with E-state index in [0.29, 0.717) is 19.6 Å². The third-order valence-electron chi connectivity index (χ3n) is 3.40. The maximum Gasteiger partial charge on any atom is 0.334 e. The van der Waals surface area contributed by atoms with Crippen LogP contribution in [0.3, 0.4) is 0 Å². The largest absolute Gasteiger partial charge is 0.480 e. The van der Waals surface area contributed by atoms with Gasteiger partial charge in [-0.05, 0) is 17.4 Å². The van der Waals surface area contributed by atoms with E-state index in [2.05, 4.69) is 10.6 Å². The highest BCUT2D eigenvalue weighted by Crippen LogP contribution is 2.15. The van der Waals surface area contributed by atoms with Gasteiger partial charge in [0.2, 0.25) is 0 Å². The van der Waals surface area contributed by atoms with Crippen molar-refractivity contribution in [1.29, 1.82) is 0 Å². The smallest absolute Gasteiger partial charge is 0.334 e. The predicted molar refractivity (Wildman–Crippen MR) is 82.6 cm³/mol. The molecule has 2 atom stereocenters. The van der Waals surface area contributed by atoms with Crippen molar-refractivity contribution in [2.24, 2.45) is 16.6 Å². The molecule has 0 aromatic heterocycles. The van der Waals surface area contributed by atoms with Gasteiger partial charge in [-0.15, -0.1) is 0 Å². The second-order valence-corrected chi connectivity index (χ2v) is 7.12. The standard InChI is InChI=1S/C14H29N3O5/c1-13(2,5-15)6-16-7-14(3,4)8-17-9(11(19)20)10(18)12(21)22/h9-10,16-18H,5-8,15H2,1-4H3,(H,19,20)(H,21,22). The molecule has 0 aromatic rings. The molecular weight excluding hydrogens is 290 g/mol. The van der Waals surface area contributed by atoms with E-state index in [0.717, 1.165) is 0 Å². The lowest BCUT2D eigenvalue weighted by atomic mass is 9.90. The summed E-state index contributed by atoms with van der Waals surface area (Å²) in [5.41, 5.74) is 5.29. The van der Waals surface area contributed by atoms with Gasteiger partial charge in [0.05, 0.1) is 0 Å². The molecule has 0 saturated carbocycles. The summed E-state index contributed by atoms with van der Waals surface area (Å²) in [7, 11) is 0. The number of nitrogens with one attached hydrogen (secondary N) is 2. The van der Waals surface area contributed by atoms with Gasteiger partial charge in [0.25, 0.3) is 0 Å². The lowest BCUT2D eigenvalue weighted by Crippen LogP contribution is -2.53. The van der Waals surface area contributed by atoms with Crippen molar-refractivity contribution in [3.63, 3.8) is 0 Å². The van der Waals surface area contributed by atoms with Gasteiger partial charge in [0.15, 0.2) is 6.10 Å². The average molecular weight is 319 g/mol. The SMILES string of the molecule is CC(C)(CN)CNCC(C)(C)CNC(C(=O)O)C(O)C(=O)O. The minimum absolute atomic E-state index is 0.0351. The summed E-state index contributed by atoms with van der Waals surface area (Å²) in [6, 6.07) is -1.54. The van der Waals surface area contributed by atoms with Crippen LogP contribution in [0.1, 0.15) is 27.7 Å². The molecule has 0 aliphatic carbocycles. The van der Waals surface area contributed by atoms with E-state index in [9.17, 15) is 14.7 Å². The number of carboxylic acid groups (broad SMARTS) is 2. The van der Waals surface area contributed by atoms with E-state index in [1.54, 1.807) is 0 Å². The minimum atomic E-state index is -1.99. The summed E-state index contributed by atoms with van der Waals surface area (Å²) in [5.74, 6) is -2.97. The Labute approximate surface area is 131 Å². The van der Waals surface area contributed by atoms with E-state index < -0.39 is 24.1 Å². The van der Waals surface area contributed by atoms with Gasteiger partial charge in [-0.1, -0.05) is 27.7 Å². The maximum atomic E-state index is 11.0. The Balaban J connectivity index is 4.45. The number of hydrogen-bond acceptors (Lipinski definition) is 6. The molecule has 0 rings (SSSR count). The topological polar surface area (TPSA) is 145 Å². The fourth-order valence-corrected chi connectivity index (χ4v) is 1.74. The molecule has 0 aliphatic rings. The maximum absolute atomic E-state index is 11.0. The van der Waals surface area contributed by atoms with Crippen molar-refractivity contribution in [2.45, 2.75) is 39.8 Å². The van der Waals surface area contributed by atoms with Crippen LogP contribution in [0.5, 0.6) is 0 Å². The highest BCUT2D eigenvalue weighted by Gasteiger charge is 2.33. The summed E-state index contributed by atoms with van der Waals surface area (Å²) >= 11 is 0. The van der Waals surface area contributed by atoms with Crippen molar-refractivity contribution >= 4 is 11.9 Å². The lowest BCUT2D eigenvalue weighted by Gasteiger charge is -2.30. The monoisotopic (exact) mass is 319 g/mol. The van der Waals surface area contributed by atoms with Crippen LogP contribution >= 0.6 is 0 Å². The molecule has 0 bridgehead atoms.